The molecular formula is C29H38F2. The zero-order valence-electron chi connectivity index (χ0n) is 19.5. The number of halogens is 2. The van der Waals surface area contributed by atoms with Gasteiger partial charge in [0.25, 0.3) is 0 Å². The first-order valence-electron chi connectivity index (χ1n) is 12.5. The predicted molar refractivity (Wildman–Crippen MR) is 126 cm³/mol. The molecule has 0 N–H and O–H groups in total. The Morgan fingerprint density at radius 1 is 0.742 bits per heavy atom. The molecule has 0 bridgehead atoms. The van der Waals surface area contributed by atoms with Gasteiger partial charge >= 0.3 is 0 Å². The van der Waals surface area contributed by atoms with Crippen LogP contribution in [0, 0.1) is 43.2 Å². The third-order valence-corrected chi connectivity index (χ3v) is 8.11. The molecule has 31 heavy (non-hydrogen) atoms. The molecule has 2 saturated carbocycles. The third-order valence-electron chi connectivity index (χ3n) is 8.11. The average Bonchev–Trinajstić information content (AvgIpc) is 2.76. The fourth-order valence-electron chi connectivity index (χ4n) is 6.49. The van der Waals surface area contributed by atoms with Crippen LogP contribution < -0.4 is 0 Å². The largest absolute Gasteiger partial charge is 0.203 e. The van der Waals surface area contributed by atoms with E-state index in [-0.39, 0.29) is 5.92 Å². The van der Waals surface area contributed by atoms with E-state index in [0.717, 1.165) is 47.3 Å². The topological polar surface area (TPSA) is 0 Å². The first-order chi connectivity index (χ1) is 15.0. The molecule has 0 heterocycles. The number of benzene rings is 2. The standard InChI is InChI=1S/C29H38F2/c1-4-5-21-6-8-22(9-7-21)23-10-12-24(13-11-23)26-14-15-27(29(31)28(26)30)25-17-19(2)16-20(3)18-25/h14-18,21-24H,4-13H2,1-3H3. The molecule has 4 rings (SSSR count). The maximum Gasteiger partial charge on any atom is 0.166 e. The molecule has 2 aromatic rings. The van der Waals surface area contributed by atoms with Crippen LogP contribution >= 0.6 is 0 Å². The first-order valence-corrected chi connectivity index (χ1v) is 12.5. The van der Waals surface area contributed by atoms with Gasteiger partial charge in [-0.15, -0.1) is 0 Å². The zero-order valence-corrected chi connectivity index (χ0v) is 19.5. The summed E-state index contributed by atoms with van der Waals surface area (Å²) in [5, 5.41) is 0. The summed E-state index contributed by atoms with van der Waals surface area (Å²) in [7, 11) is 0. The minimum absolute atomic E-state index is 0.162. The SMILES string of the molecule is CCCC1CCC(C2CCC(c3ccc(-c4cc(C)cc(C)c4)c(F)c3F)CC2)CC1. The zero-order chi connectivity index (χ0) is 22.0. The van der Waals surface area contributed by atoms with E-state index in [0.29, 0.717) is 11.1 Å². The average molecular weight is 425 g/mol. The van der Waals surface area contributed by atoms with Crippen molar-refractivity contribution < 1.29 is 8.78 Å². The summed E-state index contributed by atoms with van der Waals surface area (Å²) in [4.78, 5) is 0. The minimum atomic E-state index is -0.682. The highest BCUT2D eigenvalue weighted by Gasteiger charge is 2.32. The third kappa shape index (κ3) is 5.04. The predicted octanol–water partition coefficient (Wildman–Crippen LogP) is 9.13. The highest BCUT2D eigenvalue weighted by atomic mass is 19.2. The molecule has 2 aromatic carbocycles. The van der Waals surface area contributed by atoms with Crippen LogP contribution in [0.2, 0.25) is 0 Å². The molecule has 0 nitrogen and oxygen atoms in total. The summed E-state index contributed by atoms with van der Waals surface area (Å²) in [5.74, 6) is 1.46. The van der Waals surface area contributed by atoms with Crippen LogP contribution in [0.15, 0.2) is 30.3 Å². The van der Waals surface area contributed by atoms with Gasteiger partial charge < -0.3 is 0 Å². The molecule has 0 amide bonds. The Balaban J connectivity index is 1.41. The van der Waals surface area contributed by atoms with Crippen molar-refractivity contribution in [2.45, 2.75) is 90.9 Å². The quantitative estimate of drug-likeness (QED) is 0.449. The molecule has 0 unspecified atom stereocenters. The molecule has 2 fully saturated rings. The lowest BCUT2D eigenvalue weighted by Gasteiger charge is -2.38. The summed E-state index contributed by atoms with van der Waals surface area (Å²) >= 11 is 0. The van der Waals surface area contributed by atoms with Crippen molar-refractivity contribution in [3.8, 4) is 11.1 Å². The van der Waals surface area contributed by atoms with E-state index in [2.05, 4.69) is 13.0 Å². The molecular weight excluding hydrogens is 386 g/mol. The van der Waals surface area contributed by atoms with Gasteiger partial charge in [-0.1, -0.05) is 74.1 Å². The van der Waals surface area contributed by atoms with Crippen molar-refractivity contribution in [2.24, 2.45) is 17.8 Å². The molecule has 0 aromatic heterocycles. The van der Waals surface area contributed by atoms with Gasteiger partial charge in [-0.3, -0.25) is 0 Å². The Morgan fingerprint density at radius 2 is 1.32 bits per heavy atom. The Morgan fingerprint density at radius 3 is 1.90 bits per heavy atom. The van der Waals surface area contributed by atoms with E-state index in [1.807, 2.05) is 32.0 Å². The number of aryl methyl sites for hydroxylation is 2. The van der Waals surface area contributed by atoms with Crippen molar-refractivity contribution in [3.63, 3.8) is 0 Å². The van der Waals surface area contributed by atoms with Crippen LogP contribution in [0.4, 0.5) is 8.78 Å². The van der Waals surface area contributed by atoms with Gasteiger partial charge in [0.1, 0.15) is 0 Å². The molecule has 0 atom stereocenters. The summed E-state index contributed by atoms with van der Waals surface area (Å²) in [6.45, 7) is 6.28. The van der Waals surface area contributed by atoms with Gasteiger partial charge in [-0.2, -0.15) is 0 Å². The van der Waals surface area contributed by atoms with E-state index in [4.69, 9.17) is 0 Å². The maximum absolute atomic E-state index is 15.1. The molecule has 0 saturated heterocycles. The van der Waals surface area contributed by atoms with Crippen LogP contribution in [0.25, 0.3) is 11.1 Å². The summed E-state index contributed by atoms with van der Waals surface area (Å²) in [6.07, 6.45) is 12.6. The Labute approximate surface area is 187 Å². The van der Waals surface area contributed by atoms with Crippen LogP contribution in [-0.4, -0.2) is 0 Å². The van der Waals surface area contributed by atoms with Gasteiger partial charge in [0, 0.05) is 5.56 Å². The van der Waals surface area contributed by atoms with Crippen LogP contribution in [-0.2, 0) is 0 Å². The summed E-state index contributed by atoms with van der Waals surface area (Å²) in [6, 6.07) is 9.58. The highest BCUT2D eigenvalue weighted by Crippen LogP contribution is 2.45. The Bertz CT molecular complexity index is 864. The van der Waals surface area contributed by atoms with E-state index >= 15 is 8.78 Å². The Hall–Kier alpha value is -1.70. The summed E-state index contributed by atoms with van der Waals surface area (Å²) in [5.41, 5.74) is 3.88. The van der Waals surface area contributed by atoms with Gasteiger partial charge in [0.15, 0.2) is 11.6 Å². The van der Waals surface area contributed by atoms with E-state index in [1.54, 1.807) is 6.07 Å². The van der Waals surface area contributed by atoms with Gasteiger partial charge in [-0.05, 0) is 87.2 Å². The lowest BCUT2D eigenvalue weighted by molar-refractivity contribution is 0.156. The van der Waals surface area contributed by atoms with Gasteiger partial charge in [0.2, 0.25) is 0 Å². The molecule has 2 aliphatic carbocycles. The normalized spacial score (nSPS) is 26.7. The second-order valence-electron chi connectivity index (χ2n) is 10.4. The fraction of sp³-hybridized carbons (Fsp3) is 0.586. The lowest BCUT2D eigenvalue weighted by atomic mass is 9.68. The monoisotopic (exact) mass is 424 g/mol. The maximum atomic E-state index is 15.1. The molecule has 2 aliphatic rings. The first kappa shape index (κ1) is 22.5. The van der Waals surface area contributed by atoms with Crippen LogP contribution in [0.1, 0.15) is 93.7 Å². The van der Waals surface area contributed by atoms with E-state index in [9.17, 15) is 0 Å². The van der Waals surface area contributed by atoms with Crippen LogP contribution in [0.5, 0.6) is 0 Å². The van der Waals surface area contributed by atoms with Gasteiger partial charge in [-0.25, -0.2) is 8.78 Å². The molecule has 0 radical (unpaired) electrons. The van der Waals surface area contributed by atoms with Crippen molar-refractivity contribution >= 4 is 0 Å². The fourth-order valence-corrected chi connectivity index (χ4v) is 6.49. The molecule has 2 heteroatoms. The number of hydrogen-bond donors (Lipinski definition) is 0. The highest BCUT2D eigenvalue weighted by molar-refractivity contribution is 5.66. The van der Waals surface area contributed by atoms with Crippen molar-refractivity contribution in [1.29, 1.82) is 0 Å². The second kappa shape index (κ2) is 9.84. The Kier molecular flexibility index (Phi) is 7.14. The number of hydrogen-bond acceptors (Lipinski definition) is 0. The lowest BCUT2D eigenvalue weighted by Crippen LogP contribution is -2.25. The van der Waals surface area contributed by atoms with E-state index in [1.165, 1.54) is 51.4 Å². The van der Waals surface area contributed by atoms with E-state index < -0.39 is 11.6 Å². The van der Waals surface area contributed by atoms with Crippen molar-refractivity contribution in [3.05, 3.63) is 58.7 Å². The van der Waals surface area contributed by atoms with Gasteiger partial charge in [0.05, 0.1) is 0 Å². The molecule has 0 aliphatic heterocycles. The smallest absolute Gasteiger partial charge is 0.166 e. The van der Waals surface area contributed by atoms with Crippen LogP contribution in [0.3, 0.4) is 0 Å². The number of rotatable bonds is 5. The van der Waals surface area contributed by atoms with Crippen molar-refractivity contribution in [2.75, 3.05) is 0 Å². The minimum Gasteiger partial charge on any atom is -0.203 e. The molecule has 0 spiro atoms. The molecule has 168 valence electrons. The van der Waals surface area contributed by atoms with Crippen molar-refractivity contribution in [1.82, 2.24) is 0 Å². The summed E-state index contributed by atoms with van der Waals surface area (Å²) < 4.78 is 30.2. The second-order valence-corrected chi connectivity index (χ2v) is 10.4.